The van der Waals surface area contributed by atoms with Crippen molar-refractivity contribution in [2.24, 2.45) is 0 Å². The van der Waals surface area contributed by atoms with E-state index >= 15 is 0 Å². The Labute approximate surface area is 210 Å². The van der Waals surface area contributed by atoms with Gasteiger partial charge in [-0.05, 0) is 6.92 Å². The Bertz CT molecular complexity index is 790. The van der Waals surface area contributed by atoms with Gasteiger partial charge >= 0.3 is 11.9 Å². The minimum Gasteiger partial charge on any atom is -0.481 e. The molecule has 14 nitrogen and oxygen atoms in total. The lowest BCUT2D eigenvalue weighted by atomic mass is 10.4. The van der Waals surface area contributed by atoms with Gasteiger partial charge in [0.05, 0.1) is 31.7 Å². The molecule has 0 amide bonds. The summed E-state index contributed by atoms with van der Waals surface area (Å²) in [6, 6.07) is 0. The fourth-order valence-corrected chi connectivity index (χ4v) is 8.52. The van der Waals surface area contributed by atoms with Gasteiger partial charge in [-0.3, -0.25) is 38.0 Å². The molecule has 3 unspecified atom stereocenters. The van der Waals surface area contributed by atoms with E-state index < -0.39 is 59.2 Å². The molecule has 17 heteroatoms. The van der Waals surface area contributed by atoms with Crippen LogP contribution in [-0.2, 0) is 28.1 Å². The fourth-order valence-electron chi connectivity index (χ4n) is 3.63. The van der Waals surface area contributed by atoms with E-state index in [0.29, 0.717) is 0 Å². The molecule has 1 saturated heterocycles. The van der Waals surface area contributed by atoms with Crippen molar-refractivity contribution < 1.29 is 53.0 Å². The molecule has 1 aliphatic heterocycles. The van der Waals surface area contributed by atoms with E-state index in [4.69, 9.17) is 10.2 Å². The first-order chi connectivity index (χ1) is 16.5. The molecule has 36 heavy (non-hydrogen) atoms. The van der Waals surface area contributed by atoms with Gasteiger partial charge in [0, 0.05) is 64.2 Å². The van der Waals surface area contributed by atoms with Crippen LogP contribution in [0.15, 0.2) is 0 Å². The average Bonchev–Trinajstić information content (AvgIpc) is 2.81. The normalized spacial score (nSPS) is 21.8. The van der Waals surface area contributed by atoms with Crippen LogP contribution in [0.25, 0.3) is 0 Å². The zero-order chi connectivity index (χ0) is 27.6. The summed E-state index contributed by atoms with van der Waals surface area (Å²) in [5.74, 6) is -2.61. The number of carboxylic acid groups (broad SMARTS) is 2. The van der Waals surface area contributed by atoms with Crippen molar-refractivity contribution in [1.82, 2.24) is 14.7 Å². The third kappa shape index (κ3) is 15.3. The average molecular weight is 577 g/mol. The van der Waals surface area contributed by atoms with Crippen LogP contribution in [0.4, 0.5) is 0 Å². The van der Waals surface area contributed by atoms with Crippen molar-refractivity contribution in [1.29, 1.82) is 0 Å². The molecule has 5 N–H and O–H groups in total. The highest BCUT2D eigenvalue weighted by atomic mass is 31.2. The Hall–Kier alpha value is -0.940. The molecule has 1 fully saturated rings. The maximum atomic E-state index is 12.6. The number of aliphatic carboxylic acids is 2. The van der Waals surface area contributed by atoms with Crippen LogP contribution < -0.4 is 0 Å². The molecule has 3 atom stereocenters. The fraction of sp³-hybridized carbons (Fsp3) is 0.842. The van der Waals surface area contributed by atoms with Crippen molar-refractivity contribution >= 4 is 39.8 Å². The van der Waals surface area contributed by atoms with Crippen molar-refractivity contribution in [2.45, 2.75) is 26.2 Å². The van der Waals surface area contributed by atoms with Crippen LogP contribution >= 0.6 is 22.1 Å². The molecule has 1 heterocycles. The maximum absolute atomic E-state index is 12.6. The summed E-state index contributed by atoms with van der Waals surface area (Å²) in [7, 11) is -11.4. The Morgan fingerprint density at radius 1 is 0.583 bits per heavy atom. The number of Topliss-reactive ketones (excluding diaryl/α,β-unsaturated/α-hetero) is 1. The Morgan fingerprint density at radius 3 is 1.06 bits per heavy atom. The summed E-state index contributed by atoms with van der Waals surface area (Å²) in [6.07, 6.45) is -2.84. The van der Waals surface area contributed by atoms with Gasteiger partial charge in [0.1, 0.15) is 5.78 Å². The van der Waals surface area contributed by atoms with Gasteiger partial charge in [0.2, 0.25) is 22.1 Å². The molecule has 0 radical (unpaired) electrons. The predicted octanol–water partition coefficient (Wildman–Crippen LogP) is 0.518. The van der Waals surface area contributed by atoms with Crippen LogP contribution in [0, 0.1) is 0 Å². The van der Waals surface area contributed by atoms with Crippen LogP contribution in [0.2, 0.25) is 0 Å². The molecule has 0 aliphatic carbocycles. The molecule has 1 aliphatic rings. The molecule has 0 saturated carbocycles. The molecular weight excluding hydrogens is 539 g/mol. The monoisotopic (exact) mass is 577 g/mol. The smallest absolute Gasteiger partial charge is 0.303 e. The standard InChI is InChI=1S/C19H38N3O11P3/c1-17(23)2-11-34(28,29)14-20-5-7-21(15-35(30,31)12-3-18(24)25)9-10-22(8-6-20)16-36(32,33)13-4-19(26)27/h2-16H2,1H3,(H,24,25)(H,26,27)(H,28,29)(H,30,31)(H,32,33). The predicted molar refractivity (Wildman–Crippen MR) is 133 cm³/mol. The molecule has 0 spiro atoms. The van der Waals surface area contributed by atoms with Gasteiger partial charge in [-0.1, -0.05) is 0 Å². The number of carboxylic acids is 2. The number of hydrogen-bond acceptors (Lipinski definition) is 9. The van der Waals surface area contributed by atoms with E-state index in [0.717, 1.165) is 0 Å². The molecule has 0 aromatic carbocycles. The summed E-state index contributed by atoms with van der Waals surface area (Å²) >= 11 is 0. The first kappa shape index (κ1) is 33.1. The quantitative estimate of drug-likeness (QED) is 0.168. The SMILES string of the molecule is CC(=O)CCP(=O)(O)CN1CCN(CP(=O)(O)CCC(=O)O)CCN(CP(=O)(O)CCC(=O)O)CC1. The number of rotatable bonds is 15. The van der Waals surface area contributed by atoms with Crippen LogP contribution in [0.5, 0.6) is 0 Å². The third-order valence-corrected chi connectivity index (χ3v) is 10.9. The van der Waals surface area contributed by atoms with Gasteiger partial charge in [0.25, 0.3) is 0 Å². The Balaban J connectivity index is 3.00. The van der Waals surface area contributed by atoms with Gasteiger partial charge in [-0.2, -0.15) is 0 Å². The second-order valence-corrected chi connectivity index (χ2v) is 16.5. The van der Waals surface area contributed by atoms with Crippen molar-refractivity contribution in [2.75, 3.05) is 76.6 Å². The van der Waals surface area contributed by atoms with Gasteiger partial charge in [-0.25, -0.2) is 0 Å². The molecule has 210 valence electrons. The highest BCUT2D eigenvalue weighted by Crippen LogP contribution is 2.44. The van der Waals surface area contributed by atoms with E-state index in [1.54, 1.807) is 14.7 Å². The summed E-state index contributed by atoms with van der Waals surface area (Å²) in [5.41, 5.74) is 0. The van der Waals surface area contributed by atoms with Crippen LogP contribution in [0.3, 0.4) is 0 Å². The summed E-state index contributed by atoms with van der Waals surface area (Å²) in [4.78, 5) is 68.6. The lowest BCUT2D eigenvalue weighted by Crippen LogP contribution is -2.37. The second kappa shape index (κ2) is 14.9. The number of hydrogen-bond donors (Lipinski definition) is 5. The highest BCUT2D eigenvalue weighted by molar-refractivity contribution is 7.58. The lowest BCUT2D eigenvalue weighted by molar-refractivity contribution is -0.137. The summed E-state index contributed by atoms with van der Waals surface area (Å²) in [5, 5.41) is 17.7. The van der Waals surface area contributed by atoms with E-state index in [1.165, 1.54) is 6.92 Å². The first-order valence-electron chi connectivity index (χ1n) is 11.5. The Morgan fingerprint density at radius 2 is 0.833 bits per heavy atom. The minimum absolute atomic E-state index is 0.0472. The van der Waals surface area contributed by atoms with Crippen LogP contribution in [0.1, 0.15) is 26.2 Å². The zero-order valence-corrected chi connectivity index (χ0v) is 23.2. The molecule has 0 aromatic heterocycles. The van der Waals surface area contributed by atoms with Crippen molar-refractivity contribution in [3.63, 3.8) is 0 Å². The molecule has 0 aromatic rings. The molecule has 1 rings (SSSR count). The lowest BCUT2D eigenvalue weighted by Gasteiger charge is -2.28. The molecule has 0 bridgehead atoms. The van der Waals surface area contributed by atoms with Crippen molar-refractivity contribution in [3.05, 3.63) is 0 Å². The van der Waals surface area contributed by atoms with E-state index in [2.05, 4.69) is 0 Å². The van der Waals surface area contributed by atoms with Gasteiger partial charge < -0.3 is 29.7 Å². The maximum Gasteiger partial charge on any atom is 0.303 e. The Kier molecular flexibility index (Phi) is 13.7. The zero-order valence-electron chi connectivity index (χ0n) is 20.5. The largest absolute Gasteiger partial charge is 0.481 e. The van der Waals surface area contributed by atoms with E-state index in [-0.39, 0.29) is 76.5 Å². The second-order valence-electron chi connectivity index (χ2n) is 9.23. The highest BCUT2D eigenvalue weighted by Gasteiger charge is 2.30. The van der Waals surface area contributed by atoms with Gasteiger partial charge in [-0.15, -0.1) is 0 Å². The van der Waals surface area contributed by atoms with Gasteiger partial charge in [0.15, 0.2) is 0 Å². The topological polar surface area (TPSA) is 213 Å². The summed E-state index contributed by atoms with van der Waals surface area (Å²) in [6.45, 7) is 2.70. The van der Waals surface area contributed by atoms with E-state index in [9.17, 15) is 42.8 Å². The number of carbonyl (C=O) groups excluding carboxylic acids is 1. The third-order valence-electron chi connectivity index (χ3n) is 5.62. The number of nitrogens with zero attached hydrogens (tertiary/aromatic N) is 3. The minimum atomic E-state index is -3.83. The number of ketones is 1. The van der Waals surface area contributed by atoms with Crippen LogP contribution in [-0.4, -0.2) is 134 Å². The molecular formula is C19H38N3O11P3. The van der Waals surface area contributed by atoms with E-state index in [1.807, 2.05) is 0 Å². The number of carbonyl (C=O) groups is 3. The summed E-state index contributed by atoms with van der Waals surface area (Å²) < 4.78 is 37.8. The van der Waals surface area contributed by atoms with Crippen molar-refractivity contribution in [3.8, 4) is 0 Å². The first-order valence-corrected chi connectivity index (χ1v) is 17.6.